The molecule has 6 rings (SSSR count). The third-order valence-corrected chi connectivity index (χ3v) is 8.85. The van der Waals surface area contributed by atoms with Crippen molar-refractivity contribution in [2.75, 3.05) is 24.4 Å². The zero-order valence-corrected chi connectivity index (χ0v) is 25.7. The summed E-state index contributed by atoms with van der Waals surface area (Å²) >= 11 is 0. The fourth-order valence-electron chi connectivity index (χ4n) is 5.71. The third-order valence-electron chi connectivity index (χ3n) is 8.36. The second-order valence-corrected chi connectivity index (χ2v) is 12.6. The molecule has 0 amide bonds. The lowest BCUT2D eigenvalue weighted by Crippen LogP contribution is -2.46. The minimum Gasteiger partial charge on any atom is -0.394 e. The standard InChI is InChI=1S/C13H19N4O7P.C13H18N4O4/c1-2-13(19)8(18)11(23-6-25(20,21)22)24-12(13)17-4-3-7-9(14)15-5-16-10(7)17;1-2-13(20)9(19)8(5-18)21-12(13)17-4-3-7-10(14)15-6-16-11(7)17/h3-5,8,11-12,18-19H,2,6H2,1H3,(H2,14,15,16)(H2,20,21,22);3-4,6,8-9,12,18-20H,2,5H2,1H3,(H2,14,15,16)/t8?,11-,12+,13+;8-,9?,12-,13-/m01/s1. The SMILES string of the molecule is CC[C@@]1(O)C(O)[C@@H](CO)O[C@H]1n1ccc2c(N)ncnc21.CC[C@@]1(O)C(O)[C@@H](OCP(=O)(O)O)O[C@H]1n1ccc2c(N)ncnc21. The molecule has 4 aromatic rings. The fourth-order valence-corrected chi connectivity index (χ4v) is 6.05. The molecule has 0 spiro atoms. The first-order chi connectivity index (χ1) is 21.7. The van der Waals surface area contributed by atoms with Gasteiger partial charge in [0.15, 0.2) is 25.1 Å². The number of hydrogen-bond donors (Lipinski definition) is 9. The van der Waals surface area contributed by atoms with Gasteiger partial charge in [-0.15, -0.1) is 0 Å². The summed E-state index contributed by atoms with van der Waals surface area (Å²) in [6.07, 6.45) is -1.70. The minimum absolute atomic E-state index is 0.0921. The van der Waals surface area contributed by atoms with Crippen molar-refractivity contribution in [3.63, 3.8) is 0 Å². The molecule has 4 aromatic heterocycles. The number of aliphatic hydroxyl groups excluding tert-OH is 3. The summed E-state index contributed by atoms with van der Waals surface area (Å²) < 4.78 is 30.2. The van der Waals surface area contributed by atoms with Gasteiger partial charge in [-0.25, -0.2) is 19.9 Å². The zero-order chi connectivity index (χ0) is 33.6. The predicted octanol–water partition coefficient (Wildman–Crippen LogP) is -1.07. The summed E-state index contributed by atoms with van der Waals surface area (Å²) in [5, 5.41) is 52.7. The average molecular weight is 669 g/mol. The topological polar surface area (TPSA) is 300 Å². The molecule has 252 valence electrons. The second-order valence-electron chi connectivity index (χ2n) is 11.0. The molecule has 20 heteroatoms. The molecule has 8 atom stereocenters. The molecule has 0 radical (unpaired) electrons. The van der Waals surface area contributed by atoms with Crippen LogP contribution >= 0.6 is 7.60 Å². The maximum Gasteiger partial charge on any atom is 0.351 e. The van der Waals surface area contributed by atoms with E-state index in [0.717, 1.165) is 0 Å². The van der Waals surface area contributed by atoms with Crippen molar-refractivity contribution in [1.82, 2.24) is 29.1 Å². The fraction of sp³-hybridized carbons (Fsp3) is 0.538. The van der Waals surface area contributed by atoms with Crippen LogP contribution < -0.4 is 11.5 Å². The van der Waals surface area contributed by atoms with E-state index in [1.165, 1.54) is 17.2 Å². The Morgan fingerprint density at radius 2 is 1.35 bits per heavy atom. The number of anilines is 2. The van der Waals surface area contributed by atoms with Gasteiger partial charge < -0.3 is 70.1 Å². The quantitative estimate of drug-likeness (QED) is 0.101. The van der Waals surface area contributed by atoms with Crippen LogP contribution in [0.1, 0.15) is 39.1 Å². The molecule has 0 bridgehead atoms. The van der Waals surface area contributed by atoms with Crippen LogP contribution in [0.3, 0.4) is 0 Å². The Kier molecular flexibility index (Phi) is 9.39. The summed E-state index contributed by atoms with van der Waals surface area (Å²) in [6.45, 7) is 3.00. The maximum absolute atomic E-state index is 11.0. The van der Waals surface area contributed by atoms with Crippen molar-refractivity contribution in [2.45, 2.75) is 74.9 Å². The maximum atomic E-state index is 11.0. The number of rotatable bonds is 8. The van der Waals surface area contributed by atoms with E-state index in [9.17, 15) is 30.1 Å². The van der Waals surface area contributed by atoms with Crippen LogP contribution in [0.2, 0.25) is 0 Å². The summed E-state index contributed by atoms with van der Waals surface area (Å²) in [5.74, 6) is 0.577. The van der Waals surface area contributed by atoms with E-state index in [2.05, 4.69) is 19.9 Å². The van der Waals surface area contributed by atoms with Crippen LogP contribution in [0.25, 0.3) is 22.1 Å². The Morgan fingerprint density at radius 1 is 0.870 bits per heavy atom. The van der Waals surface area contributed by atoms with Gasteiger partial charge in [0.2, 0.25) is 0 Å². The number of fused-ring (bicyclic) bond motifs is 2. The third kappa shape index (κ3) is 5.84. The van der Waals surface area contributed by atoms with Crippen molar-refractivity contribution in [1.29, 1.82) is 0 Å². The summed E-state index contributed by atoms with van der Waals surface area (Å²) in [4.78, 5) is 33.9. The Morgan fingerprint density at radius 3 is 1.80 bits per heavy atom. The lowest BCUT2D eigenvalue weighted by atomic mass is 9.91. The lowest BCUT2D eigenvalue weighted by molar-refractivity contribution is -0.167. The molecule has 0 aliphatic carbocycles. The van der Waals surface area contributed by atoms with Gasteiger partial charge in [0.25, 0.3) is 0 Å². The molecule has 46 heavy (non-hydrogen) atoms. The van der Waals surface area contributed by atoms with Gasteiger partial charge in [-0.05, 0) is 25.0 Å². The van der Waals surface area contributed by atoms with Gasteiger partial charge in [0, 0.05) is 12.4 Å². The molecule has 2 fully saturated rings. The Balaban J connectivity index is 0.000000184. The highest BCUT2D eigenvalue weighted by Gasteiger charge is 2.57. The molecule has 2 unspecified atom stereocenters. The Labute approximate surface area is 261 Å². The number of ether oxygens (including phenoxy) is 3. The van der Waals surface area contributed by atoms with Gasteiger partial charge in [0.05, 0.1) is 17.4 Å². The highest BCUT2D eigenvalue weighted by molar-refractivity contribution is 7.51. The summed E-state index contributed by atoms with van der Waals surface area (Å²) in [5.41, 5.74) is 9.19. The monoisotopic (exact) mass is 668 g/mol. The van der Waals surface area contributed by atoms with Crippen LogP contribution in [0, 0.1) is 0 Å². The first-order valence-electron chi connectivity index (χ1n) is 14.2. The molecular weight excluding hydrogens is 631 g/mol. The molecule has 11 N–H and O–H groups in total. The zero-order valence-electron chi connectivity index (χ0n) is 24.8. The molecular formula is C26H37N8O11P. The Bertz CT molecular complexity index is 1730. The molecule has 2 aliphatic heterocycles. The van der Waals surface area contributed by atoms with Crippen molar-refractivity contribution in [2.24, 2.45) is 0 Å². The molecule has 0 saturated carbocycles. The largest absolute Gasteiger partial charge is 0.394 e. The highest BCUT2D eigenvalue weighted by atomic mass is 31.2. The minimum atomic E-state index is -4.46. The lowest BCUT2D eigenvalue weighted by Gasteiger charge is -2.30. The second kappa shape index (κ2) is 12.7. The van der Waals surface area contributed by atoms with Gasteiger partial charge in [-0.2, -0.15) is 0 Å². The number of nitrogens with two attached hydrogens (primary N) is 2. The van der Waals surface area contributed by atoms with Gasteiger partial charge in [-0.3, -0.25) is 4.57 Å². The van der Waals surface area contributed by atoms with Gasteiger partial charge >= 0.3 is 7.60 Å². The van der Waals surface area contributed by atoms with E-state index >= 15 is 0 Å². The number of hydrogen-bond acceptors (Lipinski definition) is 15. The molecule has 2 saturated heterocycles. The normalized spacial score (nSPS) is 31.4. The average Bonchev–Trinajstić information content (AvgIpc) is 3.77. The van der Waals surface area contributed by atoms with Gasteiger partial charge in [0.1, 0.15) is 65.1 Å². The summed E-state index contributed by atoms with van der Waals surface area (Å²) in [7, 11) is -4.46. The number of aromatic nitrogens is 6. The van der Waals surface area contributed by atoms with Crippen LogP contribution in [-0.4, -0.2) is 113 Å². The van der Waals surface area contributed by atoms with Crippen LogP contribution in [-0.2, 0) is 18.8 Å². The smallest absolute Gasteiger partial charge is 0.351 e. The van der Waals surface area contributed by atoms with E-state index in [1.807, 2.05) is 0 Å². The van der Waals surface area contributed by atoms with Crippen LogP contribution in [0.4, 0.5) is 11.6 Å². The Hall–Kier alpha value is -3.33. The van der Waals surface area contributed by atoms with E-state index in [1.54, 1.807) is 42.9 Å². The molecule has 0 aromatic carbocycles. The van der Waals surface area contributed by atoms with Crippen molar-refractivity contribution in [3.8, 4) is 0 Å². The number of aliphatic hydroxyl groups is 5. The number of nitrogens with zero attached hydrogens (tertiary/aromatic N) is 6. The first kappa shape index (κ1) is 34.0. The molecule has 19 nitrogen and oxygen atoms in total. The van der Waals surface area contributed by atoms with Crippen LogP contribution in [0.15, 0.2) is 37.2 Å². The van der Waals surface area contributed by atoms with E-state index in [-0.39, 0.29) is 25.3 Å². The van der Waals surface area contributed by atoms with Crippen molar-refractivity contribution >= 4 is 41.3 Å². The van der Waals surface area contributed by atoms with Crippen molar-refractivity contribution < 1.29 is 54.1 Å². The highest BCUT2D eigenvalue weighted by Crippen LogP contribution is 2.45. The first-order valence-corrected chi connectivity index (χ1v) is 16.0. The van der Waals surface area contributed by atoms with E-state index in [0.29, 0.717) is 27.9 Å². The van der Waals surface area contributed by atoms with E-state index in [4.69, 9.17) is 35.5 Å². The van der Waals surface area contributed by atoms with Crippen molar-refractivity contribution in [3.05, 3.63) is 37.2 Å². The van der Waals surface area contributed by atoms with Crippen LogP contribution in [0.5, 0.6) is 0 Å². The van der Waals surface area contributed by atoms with Gasteiger partial charge in [-0.1, -0.05) is 13.8 Å². The number of nitrogen functional groups attached to an aromatic ring is 2. The predicted molar refractivity (Wildman–Crippen MR) is 159 cm³/mol. The molecule has 6 heterocycles. The van der Waals surface area contributed by atoms with E-state index < -0.39 is 62.2 Å². The summed E-state index contributed by atoms with van der Waals surface area (Å²) in [6, 6.07) is 3.36. The molecule has 2 aliphatic rings.